The van der Waals surface area contributed by atoms with Gasteiger partial charge >= 0.3 is 5.97 Å². The number of benzene rings is 1. The molecule has 0 amide bonds. The Labute approximate surface area is 208 Å². The maximum atomic E-state index is 11.3. The Kier molecular flexibility index (Phi) is 8.80. The number of carboxylic acid groups (broad SMARTS) is 1. The lowest BCUT2D eigenvalue weighted by Gasteiger charge is -2.39. The Bertz CT molecular complexity index is 1110. The van der Waals surface area contributed by atoms with Gasteiger partial charge in [0.2, 0.25) is 0 Å². The lowest BCUT2D eigenvalue weighted by atomic mass is 9.79. The number of aromatic nitrogens is 2. The number of rotatable bonds is 12. The largest absolute Gasteiger partial charge is 0.497 e. The smallest absolute Gasteiger partial charge is 0.303 e. The summed E-state index contributed by atoms with van der Waals surface area (Å²) >= 11 is 0. The number of nitrogens with zero attached hydrogens (tertiary/aromatic N) is 3. The second kappa shape index (κ2) is 12.2. The molecule has 1 N–H and O–H groups in total. The summed E-state index contributed by atoms with van der Waals surface area (Å²) in [6, 6.07) is 12.5. The maximum Gasteiger partial charge on any atom is 0.303 e. The number of carbonyl (C=O) groups is 1. The standard InChI is InChI=1S/C29H39N3O3/c1-31-17-4-8-25(31)9-5-18-32-19-15-22(24(21-32)10-13-29(33)34)6-3-7-23-14-16-30-28-12-11-26(35-2)20-27(23)28/h4,8,11-12,14,16-17,20,22,24H,3,5-7,9-10,13,15,18-19,21H2,1-2H3,(H,33,34). The van der Waals surface area contributed by atoms with Crippen molar-refractivity contribution in [2.24, 2.45) is 18.9 Å². The number of carboxylic acids is 1. The molecule has 1 saturated heterocycles. The van der Waals surface area contributed by atoms with E-state index in [1.807, 2.05) is 18.3 Å². The van der Waals surface area contributed by atoms with E-state index in [0.717, 1.165) is 69.4 Å². The first-order valence-electron chi connectivity index (χ1n) is 13.0. The van der Waals surface area contributed by atoms with Crippen LogP contribution >= 0.6 is 0 Å². The molecule has 1 fully saturated rings. The van der Waals surface area contributed by atoms with Crippen molar-refractivity contribution in [3.63, 3.8) is 0 Å². The fraction of sp³-hybridized carbons (Fsp3) is 0.517. The molecular weight excluding hydrogens is 438 g/mol. The lowest BCUT2D eigenvalue weighted by Crippen LogP contribution is -2.41. The van der Waals surface area contributed by atoms with E-state index in [-0.39, 0.29) is 6.42 Å². The quantitative estimate of drug-likeness (QED) is 0.381. The number of hydrogen-bond donors (Lipinski definition) is 1. The fourth-order valence-corrected chi connectivity index (χ4v) is 5.70. The molecule has 2 aromatic heterocycles. The zero-order valence-electron chi connectivity index (χ0n) is 21.2. The van der Waals surface area contributed by atoms with Gasteiger partial charge in [-0.15, -0.1) is 0 Å². The summed E-state index contributed by atoms with van der Waals surface area (Å²) < 4.78 is 7.62. The van der Waals surface area contributed by atoms with Crippen LogP contribution in [-0.2, 0) is 24.7 Å². The monoisotopic (exact) mass is 477 g/mol. The van der Waals surface area contributed by atoms with E-state index in [9.17, 15) is 9.90 Å². The number of pyridine rings is 1. The molecule has 0 radical (unpaired) electrons. The van der Waals surface area contributed by atoms with Crippen molar-refractivity contribution in [2.45, 2.75) is 51.4 Å². The zero-order chi connectivity index (χ0) is 24.6. The van der Waals surface area contributed by atoms with Gasteiger partial charge in [-0.1, -0.05) is 0 Å². The van der Waals surface area contributed by atoms with Crippen molar-refractivity contribution < 1.29 is 14.6 Å². The molecule has 1 aliphatic heterocycles. The van der Waals surface area contributed by atoms with Gasteiger partial charge in [0.15, 0.2) is 0 Å². The SMILES string of the molecule is COc1ccc2nccc(CCCC3CCN(CCCc4cccn4C)CC3CCC(=O)O)c2c1. The van der Waals surface area contributed by atoms with Gasteiger partial charge in [0.25, 0.3) is 0 Å². The van der Waals surface area contributed by atoms with Crippen LogP contribution in [0.4, 0.5) is 0 Å². The molecule has 4 rings (SSSR count). The van der Waals surface area contributed by atoms with E-state index < -0.39 is 5.97 Å². The molecule has 35 heavy (non-hydrogen) atoms. The van der Waals surface area contributed by atoms with Gasteiger partial charge in [0, 0.05) is 43.5 Å². The normalized spacial score (nSPS) is 18.7. The molecule has 0 bridgehead atoms. The number of hydrogen-bond acceptors (Lipinski definition) is 4. The van der Waals surface area contributed by atoms with E-state index in [1.165, 1.54) is 23.1 Å². The van der Waals surface area contributed by atoms with Gasteiger partial charge in [-0.2, -0.15) is 0 Å². The first-order chi connectivity index (χ1) is 17.0. The summed E-state index contributed by atoms with van der Waals surface area (Å²) in [5.74, 6) is 1.24. The Balaban J connectivity index is 1.32. The molecule has 3 heterocycles. The molecule has 1 aliphatic rings. The number of likely N-dealkylation sites (tertiary alicyclic amines) is 1. The Hall–Kier alpha value is -2.86. The minimum Gasteiger partial charge on any atom is -0.497 e. The highest BCUT2D eigenvalue weighted by Crippen LogP contribution is 2.32. The van der Waals surface area contributed by atoms with Crippen LogP contribution in [0.3, 0.4) is 0 Å². The Morgan fingerprint density at radius 3 is 2.80 bits per heavy atom. The second-order valence-corrected chi connectivity index (χ2v) is 10.0. The third kappa shape index (κ3) is 6.85. The molecule has 0 spiro atoms. The highest BCUT2D eigenvalue weighted by molar-refractivity contribution is 5.83. The summed E-state index contributed by atoms with van der Waals surface area (Å²) in [5, 5.41) is 10.5. The third-order valence-corrected chi connectivity index (χ3v) is 7.72. The zero-order valence-corrected chi connectivity index (χ0v) is 21.2. The molecule has 2 unspecified atom stereocenters. The second-order valence-electron chi connectivity index (χ2n) is 10.0. The predicted molar refractivity (Wildman–Crippen MR) is 140 cm³/mol. The van der Waals surface area contributed by atoms with E-state index >= 15 is 0 Å². The summed E-state index contributed by atoms with van der Waals surface area (Å²) in [6.07, 6.45) is 11.7. The van der Waals surface area contributed by atoms with Gasteiger partial charge in [-0.05, 0) is 112 Å². The van der Waals surface area contributed by atoms with E-state index in [2.05, 4.69) is 52.0 Å². The van der Waals surface area contributed by atoms with Crippen LogP contribution in [0, 0.1) is 11.8 Å². The number of piperidine rings is 1. The molecule has 188 valence electrons. The average molecular weight is 478 g/mol. The fourth-order valence-electron chi connectivity index (χ4n) is 5.70. The lowest BCUT2D eigenvalue weighted by molar-refractivity contribution is -0.137. The number of aliphatic carboxylic acids is 1. The maximum absolute atomic E-state index is 11.3. The highest BCUT2D eigenvalue weighted by Gasteiger charge is 2.29. The number of fused-ring (bicyclic) bond motifs is 1. The molecule has 0 aliphatic carbocycles. The third-order valence-electron chi connectivity index (χ3n) is 7.72. The molecular formula is C29H39N3O3. The van der Waals surface area contributed by atoms with Gasteiger partial charge in [0.1, 0.15) is 5.75 Å². The summed E-state index contributed by atoms with van der Waals surface area (Å²) in [6.45, 7) is 3.24. The van der Waals surface area contributed by atoms with Crippen molar-refractivity contribution in [3.05, 3.63) is 60.0 Å². The molecule has 0 saturated carbocycles. The van der Waals surface area contributed by atoms with Crippen LogP contribution < -0.4 is 4.74 Å². The van der Waals surface area contributed by atoms with Crippen LogP contribution in [0.25, 0.3) is 10.9 Å². The van der Waals surface area contributed by atoms with Crippen molar-refractivity contribution in [1.29, 1.82) is 0 Å². The molecule has 2 atom stereocenters. The average Bonchev–Trinajstić information content (AvgIpc) is 3.28. The molecule has 6 nitrogen and oxygen atoms in total. The number of methoxy groups -OCH3 is 1. The predicted octanol–water partition coefficient (Wildman–Crippen LogP) is 5.34. The van der Waals surface area contributed by atoms with Gasteiger partial charge in [-0.25, -0.2) is 0 Å². The molecule has 1 aromatic carbocycles. The topological polar surface area (TPSA) is 67.6 Å². The molecule has 3 aromatic rings. The van der Waals surface area contributed by atoms with E-state index in [0.29, 0.717) is 11.8 Å². The Morgan fingerprint density at radius 1 is 1.14 bits per heavy atom. The summed E-state index contributed by atoms with van der Waals surface area (Å²) in [7, 11) is 3.80. The Morgan fingerprint density at radius 2 is 2.03 bits per heavy atom. The van der Waals surface area contributed by atoms with Crippen LogP contribution in [0.2, 0.25) is 0 Å². The van der Waals surface area contributed by atoms with E-state index in [4.69, 9.17) is 4.74 Å². The summed E-state index contributed by atoms with van der Waals surface area (Å²) in [5.41, 5.74) is 3.70. The molecule has 6 heteroatoms. The van der Waals surface area contributed by atoms with Gasteiger partial charge in [-0.3, -0.25) is 9.78 Å². The summed E-state index contributed by atoms with van der Waals surface area (Å²) in [4.78, 5) is 18.4. The van der Waals surface area contributed by atoms with Crippen LogP contribution in [-0.4, -0.2) is 52.3 Å². The first-order valence-corrected chi connectivity index (χ1v) is 13.0. The minimum absolute atomic E-state index is 0.271. The van der Waals surface area contributed by atoms with Crippen molar-refractivity contribution >= 4 is 16.9 Å². The van der Waals surface area contributed by atoms with Gasteiger partial charge in [0.05, 0.1) is 12.6 Å². The van der Waals surface area contributed by atoms with Crippen molar-refractivity contribution in [1.82, 2.24) is 14.5 Å². The highest BCUT2D eigenvalue weighted by atomic mass is 16.5. The first kappa shape index (κ1) is 25.2. The van der Waals surface area contributed by atoms with Crippen molar-refractivity contribution in [3.8, 4) is 5.75 Å². The van der Waals surface area contributed by atoms with Crippen LogP contribution in [0.15, 0.2) is 48.8 Å². The van der Waals surface area contributed by atoms with E-state index in [1.54, 1.807) is 7.11 Å². The van der Waals surface area contributed by atoms with Crippen LogP contribution in [0.1, 0.15) is 49.8 Å². The van der Waals surface area contributed by atoms with Crippen LogP contribution in [0.5, 0.6) is 5.75 Å². The number of ether oxygens (including phenoxy) is 1. The van der Waals surface area contributed by atoms with Gasteiger partial charge < -0.3 is 19.3 Å². The van der Waals surface area contributed by atoms with Crippen molar-refractivity contribution in [2.75, 3.05) is 26.7 Å². The number of aryl methyl sites for hydroxylation is 3. The minimum atomic E-state index is -0.679.